The molecule has 1 N–H and O–H groups in total. The van der Waals surface area contributed by atoms with Gasteiger partial charge in [0.05, 0.1) is 11.4 Å². The van der Waals surface area contributed by atoms with Crippen molar-refractivity contribution in [3.05, 3.63) is 46.0 Å². The molecule has 5 nitrogen and oxygen atoms in total. The second kappa shape index (κ2) is 5.98. The summed E-state index contributed by atoms with van der Waals surface area (Å²) in [5.41, 5.74) is 1.02. The Labute approximate surface area is 134 Å². The van der Waals surface area contributed by atoms with Gasteiger partial charge >= 0.3 is 0 Å². The number of hydrogen-bond acceptors (Lipinski definition) is 3. The maximum absolute atomic E-state index is 13.9. The van der Waals surface area contributed by atoms with Crippen molar-refractivity contribution in [3.8, 4) is 0 Å². The van der Waals surface area contributed by atoms with Gasteiger partial charge in [-0.15, -0.1) is 0 Å². The number of hydrogen-bond donors (Lipinski definition) is 1. The monoisotopic (exact) mass is 345 g/mol. The number of rotatable bonds is 4. The molecule has 0 spiro atoms. The van der Waals surface area contributed by atoms with E-state index in [4.69, 9.17) is 11.6 Å². The van der Waals surface area contributed by atoms with E-state index in [0.29, 0.717) is 11.4 Å². The van der Waals surface area contributed by atoms with Crippen molar-refractivity contribution in [3.63, 3.8) is 0 Å². The summed E-state index contributed by atoms with van der Waals surface area (Å²) in [5.74, 6) is -0.553. The Morgan fingerprint density at radius 1 is 1.36 bits per heavy atom. The fourth-order valence-corrected chi connectivity index (χ4v) is 4.40. The summed E-state index contributed by atoms with van der Waals surface area (Å²) < 4.78 is 43.0. The summed E-state index contributed by atoms with van der Waals surface area (Å²) in [6.07, 6.45) is 0. The maximum atomic E-state index is 13.9. The molecule has 1 aromatic carbocycles. The van der Waals surface area contributed by atoms with Crippen LogP contribution in [0.15, 0.2) is 23.1 Å². The molecule has 2 aromatic rings. The Morgan fingerprint density at radius 3 is 2.50 bits per heavy atom. The number of nitrogens with one attached hydrogen (secondary N) is 1. The van der Waals surface area contributed by atoms with Crippen LogP contribution in [0.4, 0.5) is 4.39 Å². The average molecular weight is 346 g/mol. The molecule has 0 bridgehead atoms. The normalized spacial score (nSPS) is 13.4. The Morgan fingerprint density at radius 2 is 2.00 bits per heavy atom. The third kappa shape index (κ3) is 3.02. The van der Waals surface area contributed by atoms with Gasteiger partial charge in [-0.1, -0.05) is 17.7 Å². The third-order valence-electron chi connectivity index (χ3n) is 3.48. The number of nitrogens with zero attached hydrogens (tertiary/aromatic N) is 2. The lowest BCUT2D eigenvalue weighted by Crippen LogP contribution is -2.28. The van der Waals surface area contributed by atoms with E-state index in [0.717, 1.165) is 0 Å². The van der Waals surface area contributed by atoms with Gasteiger partial charge in [-0.05, 0) is 32.9 Å². The fraction of sp³-hybridized carbons (Fsp3) is 0.357. The summed E-state index contributed by atoms with van der Waals surface area (Å²) in [6, 6.07) is 3.42. The molecule has 0 saturated heterocycles. The quantitative estimate of drug-likeness (QED) is 0.926. The van der Waals surface area contributed by atoms with E-state index >= 15 is 0 Å². The summed E-state index contributed by atoms with van der Waals surface area (Å²) in [6.45, 7) is 4.82. The van der Waals surface area contributed by atoms with Crippen LogP contribution in [-0.4, -0.2) is 18.2 Å². The molecule has 0 saturated carbocycles. The van der Waals surface area contributed by atoms with Crippen LogP contribution >= 0.6 is 11.6 Å². The molecule has 22 heavy (non-hydrogen) atoms. The zero-order chi connectivity index (χ0) is 16.7. The molecule has 0 radical (unpaired) electrons. The Hall–Kier alpha value is -1.44. The lowest BCUT2D eigenvalue weighted by atomic mass is 10.1. The molecule has 1 aromatic heterocycles. The van der Waals surface area contributed by atoms with Gasteiger partial charge in [0.15, 0.2) is 0 Å². The van der Waals surface area contributed by atoms with Gasteiger partial charge in [0.1, 0.15) is 10.7 Å². The van der Waals surface area contributed by atoms with Crippen molar-refractivity contribution >= 4 is 21.6 Å². The smallest absolute Gasteiger partial charge is 0.244 e. The third-order valence-corrected chi connectivity index (χ3v) is 5.60. The number of aromatic nitrogens is 2. The van der Waals surface area contributed by atoms with Crippen molar-refractivity contribution in [2.75, 3.05) is 0 Å². The Bertz CT molecular complexity index is 797. The standard InChI is InChI=1S/C14H17ClFN3O2S/c1-8(13-11(15)6-5-7-12(13)16)18-22(20,21)14-9(2)17-19(4)10(14)3/h5-8,18H,1-4H3. The topological polar surface area (TPSA) is 64.0 Å². The van der Waals surface area contributed by atoms with Crippen LogP contribution in [0.5, 0.6) is 0 Å². The molecule has 0 amide bonds. The first-order valence-electron chi connectivity index (χ1n) is 6.61. The second-order valence-corrected chi connectivity index (χ2v) is 7.16. The highest BCUT2D eigenvalue weighted by Crippen LogP contribution is 2.28. The molecule has 120 valence electrons. The number of halogens is 2. The molecule has 0 aliphatic rings. The van der Waals surface area contributed by atoms with E-state index < -0.39 is 21.9 Å². The minimum atomic E-state index is -3.84. The lowest BCUT2D eigenvalue weighted by Gasteiger charge is -2.16. The molecule has 1 atom stereocenters. The average Bonchev–Trinajstić information content (AvgIpc) is 2.62. The Balaban J connectivity index is 2.41. The van der Waals surface area contributed by atoms with Crippen molar-refractivity contribution in [2.45, 2.75) is 31.7 Å². The van der Waals surface area contributed by atoms with E-state index in [-0.39, 0.29) is 15.5 Å². The van der Waals surface area contributed by atoms with Crippen LogP contribution < -0.4 is 4.72 Å². The molecule has 2 rings (SSSR count). The van der Waals surface area contributed by atoms with Crippen LogP contribution in [0, 0.1) is 19.7 Å². The predicted molar refractivity (Wildman–Crippen MR) is 82.8 cm³/mol. The van der Waals surface area contributed by atoms with Gasteiger partial charge < -0.3 is 0 Å². The van der Waals surface area contributed by atoms with E-state index in [9.17, 15) is 12.8 Å². The lowest BCUT2D eigenvalue weighted by molar-refractivity contribution is 0.549. The van der Waals surface area contributed by atoms with E-state index in [1.807, 2.05) is 0 Å². The number of sulfonamides is 1. The highest BCUT2D eigenvalue weighted by Gasteiger charge is 2.27. The van der Waals surface area contributed by atoms with E-state index in [1.165, 1.54) is 22.9 Å². The summed E-state index contributed by atoms with van der Waals surface area (Å²) in [5, 5.41) is 4.27. The first kappa shape index (κ1) is 16.9. The summed E-state index contributed by atoms with van der Waals surface area (Å²) in [7, 11) is -2.18. The van der Waals surface area contributed by atoms with Crippen LogP contribution in [-0.2, 0) is 17.1 Å². The van der Waals surface area contributed by atoms with Crippen LogP contribution in [0.1, 0.15) is 29.9 Å². The van der Waals surface area contributed by atoms with Crippen LogP contribution in [0.25, 0.3) is 0 Å². The van der Waals surface area contributed by atoms with Crippen LogP contribution in [0.2, 0.25) is 5.02 Å². The molecule has 8 heteroatoms. The second-order valence-electron chi connectivity index (χ2n) is 5.10. The van der Waals surface area contributed by atoms with Crippen LogP contribution in [0.3, 0.4) is 0 Å². The van der Waals surface area contributed by atoms with Crippen molar-refractivity contribution < 1.29 is 12.8 Å². The van der Waals surface area contributed by atoms with E-state index in [2.05, 4.69) is 9.82 Å². The van der Waals surface area contributed by atoms with Gasteiger partial charge in [0, 0.05) is 23.7 Å². The zero-order valence-electron chi connectivity index (χ0n) is 12.7. The van der Waals surface area contributed by atoms with Gasteiger partial charge in [-0.2, -0.15) is 5.10 Å². The fourth-order valence-electron chi connectivity index (χ4n) is 2.42. The minimum absolute atomic E-state index is 0.106. The van der Waals surface area contributed by atoms with Gasteiger partial charge in [0.2, 0.25) is 10.0 Å². The van der Waals surface area contributed by atoms with Crippen molar-refractivity contribution in [1.29, 1.82) is 0 Å². The minimum Gasteiger partial charge on any atom is -0.271 e. The first-order chi connectivity index (χ1) is 10.1. The SMILES string of the molecule is Cc1nn(C)c(C)c1S(=O)(=O)NC(C)c1c(F)cccc1Cl. The zero-order valence-corrected chi connectivity index (χ0v) is 14.3. The highest BCUT2D eigenvalue weighted by molar-refractivity contribution is 7.89. The molecular formula is C14H17ClFN3O2S. The number of aryl methyl sites for hydroxylation is 2. The largest absolute Gasteiger partial charge is 0.271 e. The van der Waals surface area contributed by atoms with Gasteiger partial charge in [0.25, 0.3) is 0 Å². The first-order valence-corrected chi connectivity index (χ1v) is 8.47. The predicted octanol–water partition coefficient (Wildman–Crippen LogP) is 2.87. The molecule has 0 aliphatic carbocycles. The summed E-state index contributed by atoms with van der Waals surface area (Å²) in [4.78, 5) is 0.106. The Kier molecular flexibility index (Phi) is 4.60. The van der Waals surface area contributed by atoms with Crippen molar-refractivity contribution in [2.24, 2.45) is 7.05 Å². The van der Waals surface area contributed by atoms with Crippen molar-refractivity contribution in [1.82, 2.24) is 14.5 Å². The highest BCUT2D eigenvalue weighted by atomic mass is 35.5. The number of benzene rings is 1. The molecule has 1 heterocycles. The summed E-state index contributed by atoms with van der Waals surface area (Å²) >= 11 is 5.97. The van der Waals surface area contributed by atoms with Gasteiger partial charge in [-0.3, -0.25) is 4.68 Å². The molecule has 1 unspecified atom stereocenters. The maximum Gasteiger partial charge on any atom is 0.244 e. The van der Waals surface area contributed by atoms with Gasteiger partial charge in [-0.25, -0.2) is 17.5 Å². The molecular weight excluding hydrogens is 329 g/mol. The molecule has 0 aliphatic heterocycles. The van der Waals surface area contributed by atoms with E-state index in [1.54, 1.807) is 27.8 Å². The molecule has 0 fully saturated rings.